The van der Waals surface area contributed by atoms with Crippen molar-refractivity contribution in [1.29, 1.82) is 0 Å². The minimum Gasteiger partial charge on any atom is -0.455 e. The van der Waals surface area contributed by atoms with E-state index in [1.54, 1.807) is 13.0 Å². The smallest absolute Gasteiger partial charge is 0.193 e. The maximum Gasteiger partial charge on any atom is 0.193 e. The first-order valence-corrected chi connectivity index (χ1v) is 6.88. The molecule has 0 spiro atoms. The fourth-order valence-electron chi connectivity index (χ4n) is 2.49. The van der Waals surface area contributed by atoms with Crippen LogP contribution in [0.3, 0.4) is 0 Å². The molecule has 1 N–H and O–H groups in total. The van der Waals surface area contributed by atoms with Crippen LogP contribution in [0, 0.1) is 6.92 Å². The number of hydrogen-bond acceptors (Lipinski definition) is 3. The summed E-state index contributed by atoms with van der Waals surface area (Å²) in [6, 6.07) is 14.6. The Bertz CT molecular complexity index is 845. The maximum atomic E-state index is 12.4. The van der Waals surface area contributed by atoms with E-state index >= 15 is 0 Å². The number of hydrogen-bond donors (Lipinski definition) is 1. The van der Waals surface area contributed by atoms with Crippen LogP contribution in [0.5, 0.6) is 0 Å². The molecule has 3 nitrogen and oxygen atoms in total. The highest BCUT2D eigenvalue weighted by atomic mass is 16.3. The number of rotatable bonds is 2. The summed E-state index contributed by atoms with van der Waals surface area (Å²) in [5, 5.41) is 10.4. The van der Waals surface area contributed by atoms with Gasteiger partial charge in [0.25, 0.3) is 0 Å². The average molecular weight is 280 g/mol. The fourth-order valence-corrected chi connectivity index (χ4v) is 2.49. The maximum absolute atomic E-state index is 12.4. The molecule has 106 valence electrons. The Balaban J connectivity index is 2.35. The van der Waals surface area contributed by atoms with Gasteiger partial charge >= 0.3 is 0 Å². The van der Waals surface area contributed by atoms with Crippen LogP contribution >= 0.6 is 0 Å². The van der Waals surface area contributed by atoms with Gasteiger partial charge in [-0.25, -0.2) is 0 Å². The summed E-state index contributed by atoms with van der Waals surface area (Å²) >= 11 is 0. The standard InChI is InChI=1S/C18H16O3/c1-11-8-14(12(2)19)18-15(9-11)16(20)10-17(21-18)13-6-4-3-5-7-13/h3-10,12,19H,1-2H3/t12-/m0/s1. The molecule has 0 fully saturated rings. The summed E-state index contributed by atoms with van der Waals surface area (Å²) in [7, 11) is 0. The summed E-state index contributed by atoms with van der Waals surface area (Å²) in [4.78, 5) is 12.4. The lowest BCUT2D eigenvalue weighted by molar-refractivity contribution is 0.199. The molecule has 3 aromatic rings. The highest BCUT2D eigenvalue weighted by molar-refractivity contribution is 5.82. The van der Waals surface area contributed by atoms with E-state index in [0.717, 1.165) is 11.1 Å². The molecule has 1 aromatic heterocycles. The molecule has 1 heterocycles. The van der Waals surface area contributed by atoms with Crippen molar-refractivity contribution in [2.75, 3.05) is 0 Å². The van der Waals surface area contributed by atoms with Crippen LogP contribution in [0.25, 0.3) is 22.3 Å². The van der Waals surface area contributed by atoms with Gasteiger partial charge in [0.15, 0.2) is 5.43 Å². The first-order chi connectivity index (χ1) is 10.1. The number of benzene rings is 2. The Labute approximate surface area is 122 Å². The second kappa shape index (κ2) is 5.19. The average Bonchev–Trinajstić information content (AvgIpc) is 2.48. The Morgan fingerprint density at radius 1 is 1.10 bits per heavy atom. The van der Waals surface area contributed by atoms with Crippen molar-refractivity contribution in [1.82, 2.24) is 0 Å². The molecule has 21 heavy (non-hydrogen) atoms. The summed E-state index contributed by atoms with van der Waals surface area (Å²) in [6.07, 6.45) is -0.693. The first kappa shape index (κ1) is 13.6. The van der Waals surface area contributed by atoms with Crippen LogP contribution < -0.4 is 5.43 Å². The number of aryl methyl sites for hydroxylation is 1. The largest absolute Gasteiger partial charge is 0.455 e. The molecule has 3 heteroatoms. The second-order valence-electron chi connectivity index (χ2n) is 5.25. The lowest BCUT2D eigenvalue weighted by atomic mass is 10.0. The Hall–Kier alpha value is -2.39. The molecule has 0 saturated heterocycles. The van der Waals surface area contributed by atoms with Crippen LogP contribution in [-0.4, -0.2) is 5.11 Å². The zero-order valence-corrected chi connectivity index (χ0v) is 12.0. The SMILES string of the molecule is Cc1cc([C@H](C)O)c2oc(-c3ccccc3)cc(=O)c2c1. The first-order valence-electron chi connectivity index (χ1n) is 6.88. The molecule has 1 atom stereocenters. The van der Waals surface area contributed by atoms with Gasteiger partial charge in [0.05, 0.1) is 11.5 Å². The van der Waals surface area contributed by atoms with Crippen molar-refractivity contribution in [2.24, 2.45) is 0 Å². The Kier molecular flexibility index (Phi) is 3.35. The summed E-state index contributed by atoms with van der Waals surface area (Å²) in [6.45, 7) is 3.57. The van der Waals surface area contributed by atoms with Crippen molar-refractivity contribution < 1.29 is 9.52 Å². The van der Waals surface area contributed by atoms with E-state index < -0.39 is 6.10 Å². The van der Waals surface area contributed by atoms with Crippen molar-refractivity contribution in [3.05, 3.63) is 69.9 Å². The number of aliphatic hydroxyl groups is 1. The third-order valence-electron chi connectivity index (χ3n) is 3.51. The third-order valence-corrected chi connectivity index (χ3v) is 3.51. The molecule has 0 bridgehead atoms. The van der Waals surface area contributed by atoms with Crippen LogP contribution in [0.1, 0.15) is 24.2 Å². The summed E-state index contributed by atoms with van der Waals surface area (Å²) in [5.41, 5.74) is 2.77. The van der Waals surface area contributed by atoms with E-state index in [1.165, 1.54) is 6.07 Å². The lowest BCUT2D eigenvalue weighted by Gasteiger charge is -2.11. The van der Waals surface area contributed by atoms with Crippen molar-refractivity contribution in [2.45, 2.75) is 20.0 Å². The zero-order valence-electron chi connectivity index (χ0n) is 12.0. The van der Waals surface area contributed by atoms with E-state index in [2.05, 4.69) is 0 Å². The molecule has 0 aliphatic carbocycles. The van der Waals surface area contributed by atoms with E-state index in [-0.39, 0.29) is 5.43 Å². The predicted molar refractivity (Wildman–Crippen MR) is 83.3 cm³/mol. The molecule has 0 saturated carbocycles. The van der Waals surface area contributed by atoms with Gasteiger partial charge < -0.3 is 9.52 Å². The van der Waals surface area contributed by atoms with Gasteiger partial charge in [-0.3, -0.25) is 4.79 Å². The van der Waals surface area contributed by atoms with Gasteiger partial charge in [-0.2, -0.15) is 0 Å². The van der Waals surface area contributed by atoms with E-state index in [9.17, 15) is 9.90 Å². The highest BCUT2D eigenvalue weighted by Crippen LogP contribution is 2.28. The van der Waals surface area contributed by atoms with Gasteiger partial charge in [0.2, 0.25) is 0 Å². The van der Waals surface area contributed by atoms with Crippen molar-refractivity contribution in [3.8, 4) is 11.3 Å². The molecular weight excluding hydrogens is 264 g/mol. The Morgan fingerprint density at radius 2 is 1.81 bits per heavy atom. The zero-order chi connectivity index (χ0) is 15.0. The lowest BCUT2D eigenvalue weighted by Crippen LogP contribution is -2.04. The predicted octanol–water partition coefficient (Wildman–Crippen LogP) is 3.82. The molecule has 0 aliphatic heterocycles. The highest BCUT2D eigenvalue weighted by Gasteiger charge is 2.14. The van der Waals surface area contributed by atoms with Gasteiger partial charge in [0, 0.05) is 17.2 Å². The molecule has 0 amide bonds. The van der Waals surface area contributed by atoms with Gasteiger partial charge in [-0.05, 0) is 31.5 Å². The fraction of sp³-hybridized carbons (Fsp3) is 0.167. The van der Waals surface area contributed by atoms with Crippen LogP contribution in [-0.2, 0) is 0 Å². The molecule has 2 aromatic carbocycles. The quantitative estimate of drug-likeness (QED) is 0.776. The molecular formula is C18H16O3. The number of aliphatic hydroxyl groups excluding tert-OH is 1. The molecule has 0 radical (unpaired) electrons. The van der Waals surface area contributed by atoms with E-state index in [4.69, 9.17) is 4.42 Å². The normalized spacial score (nSPS) is 12.5. The van der Waals surface area contributed by atoms with Crippen molar-refractivity contribution >= 4 is 11.0 Å². The second-order valence-corrected chi connectivity index (χ2v) is 5.25. The van der Waals surface area contributed by atoms with Crippen molar-refractivity contribution in [3.63, 3.8) is 0 Å². The topological polar surface area (TPSA) is 50.4 Å². The monoisotopic (exact) mass is 280 g/mol. The van der Waals surface area contributed by atoms with E-state index in [0.29, 0.717) is 22.3 Å². The molecule has 3 rings (SSSR count). The minimum absolute atomic E-state index is 0.0966. The summed E-state index contributed by atoms with van der Waals surface area (Å²) < 4.78 is 5.92. The van der Waals surface area contributed by atoms with E-state index in [1.807, 2.05) is 43.3 Å². The van der Waals surface area contributed by atoms with Gasteiger partial charge in [0.1, 0.15) is 11.3 Å². The third kappa shape index (κ3) is 2.48. The molecule has 0 aliphatic rings. The van der Waals surface area contributed by atoms with Crippen LogP contribution in [0.15, 0.2) is 57.7 Å². The minimum atomic E-state index is -0.693. The summed E-state index contributed by atoms with van der Waals surface area (Å²) in [5.74, 6) is 0.513. The van der Waals surface area contributed by atoms with Gasteiger partial charge in [-0.15, -0.1) is 0 Å². The number of fused-ring (bicyclic) bond motifs is 1. The van der Waals surface area contributed by atoms with Crippen LogP contribution in [0.4, 0.5) is 0 Å². The van der Waals surface area contributed by atoms with Crippen LogP contribution in [0.2, 0.25) is 0 Å². The van der Waals surface area contributed by atoms with Gasteiger partial charge in [-0.1, -0.05) is 30.3 Å². The molecule has 0 unspecified atom stereocenters. The Morgan fingerprint density at radius 3 is 2.48 bits per heavy atom.